The van der Waals surface area contributed by atoms with Crippen LogP contribution in [0.2, 0.25) is 0 Å². The van der Waals surface area contributed by atoms with Crippen LogP contribution in [0.4, 0.5) is 0 Å². The Labute approximate surface area is 92.6 Å². The average Bonchev–Trinajstić information content (AvgIpc) is 2.27. The molecule has 0 atom stereocenters. The largest absolute Gasteiger partial charge is 0.481 e. The molecule has 78 valence electrons. The van der Waals surface area contributed by atoms with Crippen LogP contribution < -0.4 is 0 Å². The molecule has 3 heteroatoms. The normalized spacial score (nSPS) is 9.94. The Kier molecular flexibility index (Phi) is 2.57. The van der Waals surface area contributed by atoms with Crippen LogP contribution in [0.3, 0.4) is 0 Å². The van der Waals surface area contributed by atoms with Crippen molar-refractivity contribution in [2.75, 3.05) is 0 Å². The van der Waals surface area contributed by atoms with Crippen molar-refractivity contribution < 1.29 is 9.90 Å². The Morgan fingerprint density at radius 3 is 2.56 bits per heavy atom. The average molecular weight is 211 g/mol. The van der Waals surface area contributed by atoms with Crippen molar-refractivity contribution >= 4 is 16.7 Å². The molecule has 3 nitrogen and oxygen atoms in total. The zero-order valence-electron chi connectivity index (χ0n) is 8.47. The highest BCUT2D eigenvalue weighted by atomic mass is 16.4. The maximum atomic E-state index is 10.6. The Balaban J connectivity index is 2.48. The minimum Gasteiger partial charge on any atom is -0.481 e. The standard InChI is InChI=1S/C13H9NO2/c14-8-10-2-4-11-5-9(7-13(15)16)1-3-12(11)6-10/h1-6H,7H2,(H,15,16). The summed E-state index contributed by atoms with van der Waals surface area (Å²) in [6.45, 7) is 0. The molecule has 0 radical (unpaired) electrons. The van der Waals surface area contributed by atoms with Gasteiger partial charge in [-0.05, 0) is 28.5 Å². The van der Waals surface area contributed by atoms with E-state index in [0.717, 1.165) is 16.3 Å². The first-order valence-corrected chi connectivity index (χ1v) is 4.83. The van der Waals surface area contributed by atoms with Gasteiger partial charge in [-0.1, -0.05) is 24.3 Å². The van der Waals surface area contributed by atoms with E-state index in [1.807, 2.05) is 18.2 Å². The molecule has 0 aliphatic carbocycles. The molecule has 0 fully saturated rings. The van der Waals surface area contributed by atoms with Crippen molar-refractivity contribution in [3.05, 3.63) is 47.5 Å². The summed E-state index contributed by atoms with van der Waals surface area (Å²) in [5.74, 6) is -0.840. The third-order valence-electron chi connectivity index (χ3n) is 2.39. The minimum atomic E-state index is -0.840. The van der Waals surface area contributed by atoms with Crippen molar-refractivity contribution in [3.8, 4) is 6.07 Å². The molecular formula is C13H9NO2. The first-order valence-electron chi connectivity index (χ1n) is 4.83. The number of rotatable bonds is 2. The van der Waals surface area contributed by atoms with Gasteiger partial charge in [-0.2, -0.15) is 5.26 Å². The molecule has 0 aliphatic heterocycles. The zero-order chi connectivity index (χ0) is 11.5. The van der Waals surface area contributed by atoms with E-state index in [2.05, 4.69) is 6.07 Å². The second kappa shape index (κ2) is 4.03. The van der Waals surface area contributed by atoms with Crippen LogP contribution >= 0.6 is 0 Å². The second-order valence-electron chi connectivity index (χ2n) is 3.58. The molecule has 2 aromatic carbocycles. The quantitative estimate of drug-likeness (QED) is 0.829. The number of aliphatic carboxylic acids is 1. The summed E-state index contributed by atoms with van der Waals surface area (Å²) in [7, 11) is 0. The van der Waals surface area contributed by atoms with Crippen molar-refractivity contribution in [2.24, 2.45) is 0 Å². The van der Waals surface area contributed by atoms with Crippen LogP contribution in [-0.4, -0.2) is 11.1 Å². The Hall–Kier alpha value is -2.34. The number of carboxylic acids is 1. The number of benzene rings is 2. The Bertz CT molecular complexity index is 596. The predicted molar refractivity (Wildman–Crippen MR) is 60.0 cm³/mol. The van der Waals surface area contributed by atoms with Gasteiger partial charge >= 0.3 is 5.97 Å². The first kappa shape index (κ1) is 10.2. The van der Waals surface area contributed by atoms with Crippen molar-refractivity contribution in [3.63, 3.8) is 0 Å². The van der Waals surface area contributed by atoms with Crippen LogP contribution in [-0.2, 0) is 11.2 Å². The fraction of sp³-hybridized carbons (Fsp3) is 0.0769. The topological polar surface area (TPSA) is 61.1 Å². The van der Waals surface area contributed by atoms with Crippen molar-refractivity contribution in [2.45, 2.75) is 6.42 Å². The summed E-state index contributed by atoms with van der Waals surface area (Å²) in [6.07, 6.45) is 0.0238. The van der Waals surface area contributed by atoms with Crippen molar-refractivity contribution in [1.82, 2.24) is 0 Å². The molecule has 0 saturated carbocycles. The molecule has 0 aromatic heterocycles. The molecule has 0 saturated heterocycles. The molecule has 0 spiro atoms. The van der Waals surface area contributed by atoms with Crippen molar-refractivity contribution in [1.29, 1.82) is 5.26 Å². The van der Waals surface area contributed by atoms with Gasteiger partial charge in [-0.3, -0.25) is 4.79 Å². The predicted octanol–water partition coefficient (Wildman–Crippen LogP) is 2.34. The van der Waals surface area contributed by atoms with E-state index in [1.54, 1.807) is 18.2 Å². The number of fused-ring (bicyclic) bond motifs is 1. The van der Waals surface area contributed by atoms with E-state index in [0.29, 0.717) is 5.56 Å². The lowest BCUT2D eigenvalue weighted by Gasteiger charge is -2.01. The molecule has 0 amide bonds. The number of carboxylic acid groups (broad SMARTS) is 1. The molecule has 0 unspecified atom stereocenters. The molecule has 0 bridgehead atoms. The number of carbonyl (C=O) groups is 1. The van der Waals surface area contributed by atoms with Gasteiger partial charge in [-0.25, -0.2) is 0 Å². The maximum Gasteiger partial charge on any atom is 0.307 e. The SMILES string of the molecule is N#Cc1ccc2cc(CC(=O)O)ccc2c1. The van der Waals surface area contributed by atoms with Gasteiger partial charge in [0.2, 0.25) is 0 Å². The summed E-state index contributed by atoms with van der Waals surface area (Å²) in [5, 5.41) is 19.3. The monoisotopic (exact) mass is 211 g/mol. The molecule has 16 heavy (non-hydrogen) atoms. The highest BCUT2D eigenvalue weighted by Crippen LogP contribution is 2.18. The van der Waals surface area contributed by atoms with Crippen LogP contribution in [0.5, 0.6) is 0 Å². The highest BCUT2D eigenvalue weighted by Gasteiger charge is 2.02. The molecule has 0 aliphatic rings. The van der Waals surface area contributed by atoms with Gasteiger partial charge in [0.15, 0.2) is 0 Å². The third kappa shape index (κ3) is 2.01. The molecule has 2 aromatic rings. The molecule has 0 heterocycles. The van der Waals surface area contributed by atoms with Crippen LogP contribution in [0.25, 0.3) is 10.8 Å². The smallest absolute Gasteiger partial charge is 0.307 e. The van der Waals surface area contributed by atoms with Crippen LogP contribution in [0.1, 0.15) is 11.1 Å². The number of nitrogens with zero attached hydrogens (tertiary/aromatic N) is 1. The van der Waals surface area contributed by atoms with E-state index in [9.17, 15) is 4.79 Å². The van der Waals surface area contributed by atoms with Crippen LogP contribution in [0, 0.1) is 11.3 Å². The van der Waals surface area contributed by atoms with Gasteiger partial charge in [0.05, 0.1) is 18.1 Å². The van der Waals surface area contributed by atoms with E-state index in [1.165, 1.54) is 0 Å². The Morgan fingerprint density at radius 2 is 1.88 bits per heavy atom. The fourth-order valence-corrected chi connectivity index (χ4v) is 1.65. The van der Waals surface area contributed by atoms with Gasteiger partial charge in [0, 0.05) is 0 Å². The summed E-state index contributed by atoms with van der Waals surface area (Å²) in [5.41, 5.74) is 1.38. The lowest BCUT2D eigenvalue weighted by Crippen LogP contribution is -1.99. The maximum absolute atomic E-state index is 10.6. The van der Waals surface area contributed by atoms with E-state index in [-0.39, 0.29) is 6.42 Å². The summed E-state index contributed by atoms with van der Waals surface area (Å²) < 4.78 is 0. The van der Waals surface area contributed by atoms with E-state index >= 15 is 0 Å². The lowest BCUT2D eigenvalue weighted by atomic mass is 10.0. The number of hydrogen-bond acceptors (Lipinski definition) is 2. The minimum absolute atomic E-state index is 0.0238. The summed E-state index contributed by atoms with van der Waals surface area (Å²) in [6, 6.07) is 12.9. The number of hydrogen-bond donors (Lipinski definition) is 1. The Morgan fingerprint density at radius 1 is 1.19 bits per heavy atom. The van der Waals surface area contributed by atoms with E-state index < -0.39 is 5.97 Å². The second-order valence-corrected chi connectivity index (χ2v) is 3.58. The molecular weight excluding hydrogens is 202 g/mol. The van der Waals surface area contributed by atoms with Crippen LogP contribution in [0.15, 0.2) is 36.4 Å². The fourth-order valence-electron chi connectivity index (χ4n) is 1.65. The molecule has 2 rings (SSSR count). The zero-order valence-corrected chi connectivity index (χ0v) is 8.47. The van der Waals surface area contributed by atoms with Gasteiger partial charge in [-0.15, -0.1) is 0 Å². The molecule has 1 N–H and O–H groups in total. The lowest BCUT2D eigenvalue weighted by molar-refractivity contribution is -0.136. The summed E-state index contributed by atoms with van der Waals surface area (Å²) >= 11 is 0. The first-order chi connectivity index (χ1) is 7.69. The van der Waals surface area contributed by atoms with Gasteiger partial charge < -0.3 is 5.11 Å². The number of nitriles is 1. The van der Waals surface area contributed by atoms with E-state index in [4.69, 9.17) is 10.4 Å². The highest BCUT2D eigenvalue weighted by molar-refractivity contribution is 5.85. The summed E-state index contributed by atoms with van der Waals surface area (Å²) in [4.78, 5) is 10.6. The van der Waals surface area contributed by atoms with Gasteiger partial charge in [0.25, 0.3) is 0 Å². The third-order valence-corrected chi connectivity index (χ3v) is 2.39. The van der Waals surface area contributed by atoms with Gasteiger partial charge in [0.1, 0.15) is 0 Å².